The summed E-state index contributed by atoms with van der Waals surface area (Å²) in [5.41, 5.74) is 0. The number of carbonyl (C=O) groups is 1. The van der Waals surface area contributed by atoms with Crippen LogP contribution in [0.25, 0.3) is 0 Å². The van der Waals surface area contributed by atoms with Crippen LogP contribution in [0.2, 0.25) is 0 Å². The lowest BCUT2D eigenvalue weighted by atomic mass is 10.4. The van der Waals surface area contributed by atoms with Gasteiger partial charge in [-0.05, 0) is 19.8 Å². The third-order valence-electron chi connectivity index (χ3n) is 1.63. The molecule has 1 aliphatic heterocycles. The van der Waals surface area contributed by atoms with Crippen LogP contribution in [0.1, 0.15) is 19.8 Å². The minimum Gasteiger partial charge on any atom is -0.450 e. The second kappa shape index (κ2) is 7.50. The summed E-state index contributed by atoms with van der Waals surface area (Å²) in [4.78, 5) is 12.7. The van der Waals surface area contributed by atoms with Gasteiger partial charge in [0, 0.05) is 13.1 Å². The topological polar surface area (TPSA) is 29.5 Å². The molecule has 0 aliphatic carbocycles. The van der Waals surface area contributed by atoms with Gasteiger partial charge in [0.25, 0.3) is 0 Å². The van der Waals surface area contributed by atoms with Gasteiger partial charge in [0.05, 0.1) is 6.61 Å². The minimum absolute atomic E-state index is 0. The Morgan fingerprint density at radius 3 is 2.25 bits per heavy atom. The smallest absolute Gasteiger partial charge is 0.409 e. The fraction of sp³-hybridized carbons (Fsp3) is 0.857. The molecule has 1 saturated heterocycles. The van der Waals surface area contributed by atoms with E-state index in [1.807, 2.05) is 6.92 Å². The minimum atomic E-state index is -0.153. The van der Waals surface area contributed by atoms with Gasteiger partial charge in [-0.3, -0.25) is 0 Å². The van der Waals surface area contributed by atoms with Crippen molar-refractivity contribution in [2.45, 2.75) is 19.8 Å². The maximum absolute atomic E-state index is 10.9. The van der Waals surface area contributed by atoms with Crippen molar-refractivity contribution in [1.29, 1.82) is 0 Å². The Morgan fingerprint density at radius 1 is 1.33 bits per heavy atom. The highest BCUT2D eigenvalue weighted by atomic mass is 35.5. The molecule has 0 aromatic carbocycles. The first-order valence-corrected chi connectivity index (χ1v) is 3.76. The third-order valence-corrected chi connectivity index (χ3v) is 1.63. The van der Waals surface area contributed by atoms with E-state index < -0.39 is 0 Å². The van der Waals surface area contributed by atoms with E-state index >= 15 is 0 Å². The van der Waals surface area contributed by atoms with Crippen LogP contribution in [0.15, 0.2) is 0 Å². The van der Waals surface area contributed by atoms with E-state index in [4.69, 9.17) is 4.74 Å². The highest BCUT2D eigenvalue weighted by Crippen LogP contribution is 2.08. The summed E-state index contributed by atoms with van der Waals surface area (Å²) < 4.78 is 4.81. The predicted molar refractivity (Wildman–Crippen MR) is 52.3 cm³/mol. The fourth-order valence-electron chi connectivity index (χ4n) is 1.11. The molecule has 12 heavy (non-hydrogen) atoms. The molecule has 1 heterocycles. The molecule has 74 valence electrons. The van der Waals surface area contributed by atoms with Crippen LogP contribution in [0.3, 0.4) is 0 Å². The second-order valence-corrected chi connectivity index (χ2v) is 2.39. The van der Waals surface area contributed by atoms with Crippen LogP contribution in [0.5, 0.6) is 0 Å². The average molecular weight is 216 g/mol. The van der Waals surface area contributed by atoms with Crippen molar-refractivity contribution >= 4 is 30.9 Å². The van der Waals surface area contributed by atoms with Crippen molar-refractivity contribution in [2.75, 3.05) is 19.7 Å². The van der Waals surface area contributed by atoms with Crippen molar-refractivity contribution in [1.82, 2.24) is 4.90 Å². The van der Waals surface area contributed by atoms with Gasteiger partial charge in [0.15, 0.2) is 0 Å². The number of likely N-dealkylation sites (tertiary alicyclic amines) is 1. The van der Waals surface area contributed by atoms with Crippen LogP contribution >= 0.6 is 24.8 Å². The molecule has 0 aromatic rings. The van der Waals surface area contributed by atoms with E-state index in [2.05, 4.69) is 0 Å². The van der Waals surface area contributed by atoms with Crippen LogP contribution in [-0.2, 0) is 4.74 Å². The molecule has 0 saturated carbocycles. The van der Waals surface area contributed by atoms with Crippen LogP contribution in [-0.4, -0.2) is 30.7 Å². The van der Waals surface area contributed by atoms with Gasteiger partial charge in [-0.25, -0.2) is 4.79 Å². The van der Waals surface area contributed by atoms with E-state index in [0.717, 1.165) is 25.9 Å². The second-order valence-electron chi connectivity index (χ2n) is 2.39. The number of carbonyl (C=O) groups excluding carboxylic acids is 1. The molecular formula is C7H15Cl2NO2. The molecule has 0 atom stereocenters. The Hall–Kier alpha value is -0.150. The zero-order valence-corrected chi connectivity index (χ0v) is 8.75. The summed E-state index contributed by atoms with van der Waals surface area (Å²) in [6, 6.07) is 0. The molecule has 1 amide bonds. The van der Waals surface area contributed by atoms with E-state index in [9.17, 15) is 4.79 Å². The molecule has 0 radical (unpaired) electrons. The van der Waals surface area contributed by atoms with E-state index in [1.165, 1.54) is 0 Å². The molecule has 1 fully saturated rings. The Morgan fingerprint density at radius 2 is 1.83 bits per heavy atom. The predicted octanol–water partition coefficient (Wildman–Crippen LogP) is 2.08. The molecule has 0 aromatic heterocycles. The van der Waals surface area contributed by atoms with Gasteiger partial charge in [0.2, 0.25) is 0 Å². The Kier molecular flexibility index (Phi) is 8.98. The number of rotatable bonds is 1. The summed E-state index contributed by atoms with van der Waals surface area (Å²) in [5.74, 6) is 0. The van der Waals surface area contributed by atoms with Crippen LogP contribution in [0, 0.1) is 0 Å². The SMILES string of the molecule is CCOC(=O)N1CCCC1.Cl.Cl. The summed E-state index contributed by atoms with van der Waals surface area (Å²) in [6.45, 7) is 4.06. The average Bonchev–Trinajstić information content (AvgIpc) is 2.38. The Labute approximate surface area is 85.3 Å². The third kappa shape index (κ3) is 4.02. The summed E-state index contributed by atoms with van der Waals surface area (Å²) in [5, 5.41) is 0. The van der Waals surface area contributed by atoms with Crippen molar-refractivity contribution in [3.8, 4) is 0 Å². The standard InChI is InChI=1S/C7H13NO2.2ClH/c1-2-10-7(9)8-5-3-4-6-8;;/h2-6H2,1H3;2*1H. The highest BCUT2D eigenvalue weighted by molar-refractivity contribution is 5.85. The van der Waals surface area contributed by atoms with E-state index in [-0.39, 0.29) is 30.9 Å². The van der Waals surface area contributed by atoms with Gasteiger partial charge in [-0.2, -0.15) is 0 Å². The number of amides is 1. The van der Waals surface area contributed by atoms with E-state index in [1.54, 1.807) is 4.90 Å². The van der Waals surface area contributed by atoms with Gasteiger partial charge in [0.1, 0.15) is 0 Å². The maximum Gasteiger partial charge on any atom is 0.409 e. The normalized spacial score (nSPS) is 14.6. The first kappa shape index (κ1) is 14.4. The molecule has 5 heteroatoms. The lowest BCUT2D eigenvalue weighted by Crippen LogP contribution is -2.28. The molecule has 0 N–H and O–H groups in total. The lowest BCUT2D eigenvalue weighted by Gasteiger charge is -2.13. The van der Waals surface area contributed by atoms with Gasteiger partial charge < -0.3 is 9.64 Å². The monoisotopic (exact) mass is 215 g/mol. The van der Waals surface area contributed by atoms with Crippen molar-refractivity contribution in [2.24, 2.45) is 0 Å². The fourth-order valence-corrected chi connectivity index (χ4v) is 1.11. The number of ether oxygens (including phenoxy) is 1. The summed E-state index contributed by atoms with van der Waals surface area (Å²) in [7, 11) is 0. The van der Waals surface area contributed by atoms with Gasteiger partial charge in [-0.15, -0.1) is 24.8 Å². The van der Waals surface area contributed by atoms with Crippen molar-refractivity contribution < 1.29 is 9.53 Å². The first-order chi connectivity index (χ1) is 4.84. The zero-order valence-electron chi connectivity index (χ0n) is 7.12. The van der Waals surface area contributed by atoms with E-state index in [0.29, 0.717) is 6.61 Å². The highest BCUT2D eigenvalue weighted by Gasteiger charge is 2.17. The molecule has 0 bridgehead atoms. The quantitative estimate of drug-likeness (QED) is 0.671. The molecule has 3 nitrogen and oxygen atoms in total. The Balaban J connectivity index is 0. The summed E-state index contributed by atoms with van der Waals surface area (Å²) in [6.07, 6.45) is 2.09. The zero-order chi connectivity index (χ0) is 7.40. The van der Waals surface area contributed by atoms with Crippen molar-refractivity contribution in [3.05, 3.63) is 0 Å². The number of nitrogens with zero attached hydrogens (tertiary/aromatic N) is 1. The van der Waals surface area contributed by atoms with Gasteiger partial charge >= 0.3 is 6.09 Å². The number of hydrogen-bond acceptors (Lipinski definition) is 2. The molecule has 0 unspecified atom stereocenters. The van der Waals surface area contributed by atoms with Crippen LogP contribution in [0.4, 0.5) is 4.79 Å². The van der Waals surface area contributed by atoms with Gasteiger partial charge in [-0.1, -0.05) is 0 Å². The molecule has 1 aliphatic rings. The number of hydrogen-bond donors (Lipinski definition) is 0. The largest absolute Gasteiger partial charge is 0.450 e. The molecular weight excluding hydrogens is 201 g/mol. The molecule has 1 rings (SSSR count). The molecule has 0 spiro atoms. The first-order valence-electron chi connectivity index (χ1n) is 3.76. The maximum atomic E-state index is 10.9. The lowest BCUT2D eigenvalue weighted by molar-refractivity contribution is 0.116. The Bertz CT molecular complexity index is 127. The summed E-state index contributed by atoms with van der Waals surface area (Å²) >= 11 is 0. The van der Waals surface area contributed by atoms with Crippen LogP contribution < -0.4 is 0 Å². The number of halogens is 2. The van der Waals surface area contributed by atoms with Crippen molar-refractivity contribution in [3.63, 3.8) is 0 Å².